The van der Waals surface area contributed by atoms with Crippen LogP contribution in [0.2, 0.25) is 0 Å². The van der Waals surface area contributed by atoms with Crippen molar-refractivity contribution in [2.75, 3.05) is 13.7 Å². The highest BCUT2D eigenvalue weighted by Gasteiger charge is 2.63. The second-order valence-electron chi connectivity index (χ2n) is 17.1. The van der Waals surface area contributed by atoms with Crippen molar-refractivity contribution in [1.29, 1.82) is 0 Å². The largest absolute Gasteiger partial charge is 0.496 e. The Morgan fingerprint density at radius 2 is 1.90 bits per heavy atom. The number of ether oxygens (including phenoxy) is 2. The third kappa shape index (κ3) is 8.35. The first-order valence-corrected chi connectivity index (χ1v) is 23.2. The van der Waals surface area contributed by atoms with Crippen LogP contribution in [0, 0.1) is 12.8 Å². The molecule has 2 aliphatic carbocycles. The van der Waals surface area contributed by atoms with Gasteiger partial charge in [-0.25, -0.2) is 18.4 Å². The molecule has 3 fully saturated rings. The lowest BCUT2D eigenvalue weighted by Crippen LogP contribution is -2.58. The number of sulfonamides is 1. The highest BCUT2D eigenvalue weighted by molar-refractivity contribution is 7.91. The second kappa shape index (κ2) is 16.5. The van der Waals surface area contributed by atoms with Crippen LogP contribution in [0.15, 0.2) is 52.6 Å². The van der Waals surface area contributed by atoms with Crippen LogP contribution < -0.4 is 24.8 Å². The summed E-state index contributed by atoms with van der Waals surface area (Å²) >= 11 is 1.47. The number of carbonyl (C=O) groups is 4. The quantitative estimate of drug-likeness (QED) is 0.173. The fourth-order valence-corrected chi connectivity index (χ4v) is 10.4. The number of thiazole rings is 1. The first kappa shape index (κ1) is 42.3. The lowest BCUT2D eigenvalue weighted by molar-refractivity contribution is -0.141. The van der Waals surface area contributed by atoms with Crippen LogP contribution in [0.4, 0.5) is 0 Å². The number of aryl methyl sites for hydroxylation is 1. The standard InChI is InChI=1S/C43H51N7O9S2/c1-24(2)32-23-60-39(46-32)31-20-35(28-13-14-34(57-5)25(3)36(28)44-31)59-27-19-33-38(52)47-43(41(54)49-61(55,56)42(4)16-17-42)21-26(43)11-9-7-6-8-10-12-30(40(53)50(33)22-27)45-37(51)29-15-18-58-48-29/h9,11,13-15,18,20,23-24,26-27,30,33H,6-8,10,12,16-17,19,21-22H2,1-5H3,(H,45,51)(H,47,52)(H,49,54)/b11-9-/t26-,27-,30+,33+,43-/m1/s1. The Bertz CT molecular complexity index is 2500. The van der Waals surface area contributed by atoms with Gasteiger partial charge in [0.1, 0.15) is 52.2 Å². The molecule has 16 nitrogen and oxygen atoms in total. The van der Waals surface area contributed by atoms with Crippen LogP contribution in [0.5, 0.6) is 11.5 Å². The van der Waals surface area contributed by atoms with Crippen LogP contribution in [-0.2, 0) is 24.4 Å². The summed E-state index contributed by atoms with van der Waals surface area (Å²) in [4.78, 5) is 68.0. The molecular formula is C43H51N7O9S2. The van der Waals surface area contributed by atoms with E-state index in [1.807, 2.05) is 42.7 Å². The number of allylic oxidation sites excluding steroid dienone is 1. The van der Waals surface area contributed by atoms with Gasteiger partial charge < -0.3 is 29.5 Å². The molecule has 3 N–H and O–H groups in total. The Hall–Kier alpha value is -5.36. The average Bonchev–Trinajstić information content (AvgIpc) is 3.80. The molecule has 1 saturated heterocycles. The van der Waals surface area contributed by atoms with E-state index in [1.54, 1.807) is 14.0 Å². The number of hydrogen-bond acceptors (Lipinski definition) is 13. The van der Waals surface area contributed by atoms with Crippen LogP contribution in [0.1, 0.15) is 106 Å². The third-order valence-electron chi connectivity index (χ3n) is 12.4. The Morgan fingerprint density at radius 3 is 2.61 bits per heavy atom. The molecule has 0 bridgehead atoms. The summed E-state index contributed by atoms with van der Waals surface area (Å²) in [6.07, 6.45) is 8.50. The molecule has 4 aromatic rings. The average molecular weight is 874 g/mol. The number of hydrogen-bond donors (Lipinski definition) is 3. The zero-order valence-electron chi connectivity index (χ0n) is 34.9. The number of carbonyl (C=O) groups excluding carboxylic acids is 4. The molecule has 18 heteroatoms. The Labute approximate surface area is 358 Å². The monoisotopic (exact) mass is 873 g/mol. The van der Waals surface area contributed by atoms with Crippen LogP contribution in [-0.4, -0.2) is 94.2 Å². The molecule has 1 aromatic carbocycles. The number of nitrogens with zero attached hydrogens (tertiary/aromatic N) is 4. The van der Waals surface area contributed by atoms with Gasteiger partial charge in [0.2, 0.25) is 21.8 Å². The SMILES string of the molecule is COc1ccc2c(O[C@@H]3C[C@H]4C(=O)N[C@]5(C(=O)NS(=O)(=O)C6(C)CC6)C[C@H]5/C=C\CCCCC[C@H](NC(=O)c5ccon5)C(=O)N4C3)cc(-c3nc(C(C)C)cs3)nc2c1C. The topological polar surface area (TPSA) is 212 Å². The summed E-state index contributed by atoms with van der Waals surface area (Å²) in [6, 6.07) is 4.72. The van der Waals surface area contributed by atoms with Crippen molar-refractivity contribution in [3.8, 4) is 22.2 Å². The minimum atomic E-state index is -4.02. The van der Waals surface area contributed by atoms with E-state index in [-0.39, 0.29) is 31.0 Å². The van der Waals surface area contributed by atoms with Crippen molar-refractivity contribution in [2.24, 2.45) is 5.92 Å². The second-order valence-corrected chi connectivity index (χ2v) is 20.2. The minimum absolute atomic E-state index is 0.00142. The molecule has 324 valence electrons. The molecule has 8 rings (SSSR count). The molecule has 0 spiro atoms. The van der Waals surface area contributed by atoms with Crippen LogP contribution in [0.3, 0.4) is 0 Å². The summed E-state index contributed by atoms with van der Waals surface area (Å²) in [6.45, 7) is 7.60. The van der Waals surface area contributed by atoms with Crippen molar-refractivity contribution in [3.05, 3.63) is 65.0 Å². The number of rotatable bonds is 10. The molecule has 4 aliphatic rings. The van der Waals surface area contributed by atoms with Gasteiger partial charge in [-0.3, -0.25) is 23.9 Å². The molecule has 4 amide bonds. The molecule has 2 saturated carbocycles. The van der Waals surface area contributed by atoms with E-state index in [1.165, 1.54) is 28.6 Å². The summed E-state index contributed by atoms with van der Waals surface area (Å²) in [5.41, 5.74) is 1.41. The Kier molecular flexibility index (Phi) is 11.4. The third-order valence-corrected chi connectivity index (χ3v) is 15.5. The van der Waals surface area contributed by atoms with Gasteiger partial charge in [-0.05, 0) is 70.4 Å². The lowest BCUT2D eigenvalue weighted by atomic mass is 10.0. The minimum Gasteiger partial charge on any atom is -0.496 e. The number of methoxy groups -OCH3 is 1. The van der Waals surface area contributed by atoms with Gasteiger partial charge in [-0.15, -0.1) is 11.3 Å². The van der Waals surface area contributed by atoms with E-state index in [9.17, 15) is 27.6 Å². The normalized spacial score (nSPS) is 25.7. The predicted octanol–water partition coefficient (Wildman–Crippen LogP) is 5.33. The zero-order chi connectivity index (χ0) is 43.3. The molecule has 5 atom stereocenters. The number of aromatic nitrogens is 3. The van der Waals surface area contributed by atoms with Gasteiger partial charge in [0.25, 0.3) is 11.8 Å². The maximum Gasteiger partial charge on any atom is 0.274 e. The molecular weight excluding hydrogens is 823 g/mol. The maximum absolute atomic E-state index is 14.8. The number of fused-ring (bicyclic) bond motifs is 3. The van der Waals surface area contributed by atoms with Crippen molar-refractivity contribution in [3.63, 3.8) is 0 Å². The van der Waals surface area contributed by atoms with E-state index >= 15 is 0 Å². The highest BCUT2D eigenvalue weighted by Crippen LogP contribution is 2.48. The van der Waals surface area contributed by atoms with Crippen molar-refractivity contribution < 1.29 is 41.6 Å². The van der Waals surface area contributed by atoms with E-state index < -0.39 is 68.0 Å². The fourth-order valence-electron chi connectivity index (χ4n) is 8.16. The number of pyridine rings is 1. The number of amides is 4. The summed E-state index contributed by atoms with van der Waals surface area (Å²) in [7, 11) is -2.43. The van der Waals surface area contributed by atoms with Gasteiger partial charge in [-0.1, -0.05) is 44.0 Å². The lowest BCUT2D eigenvalue weighted by Gasteiger charge is -2.30. The van der Waals surface area contributed by atoms with E-state index in [0.29, 0.717) is 65.2 Å². The smallest absolute Gasteiger partial charge is 0.274 e. The number of benzene rings is 1. The van der Waals surface area contributed by atoms with Gasteiger partial charge in [0, 0.05) is 40.8 Å². The first-order chi connectivity index (χ1) is 29.1. The van der Waals surface area contributed by atoms with Crippen molar-refractivity contribution in [1.82, 2.24) is 35.4 Å². The molecule has 61 heavy (non-hydrogen) atoms. The van der Waals surface area contributed by atoms with Gasteiger partial charge >= 0.3 is 0 Å². The van der Waals surface area contributed by atoms with Crippen LogP contribution in [0.25, 0.3) is 21.6 Å². The van der Waals surface area contributed by atoms with Gasteiger partial charge in [0.15, 0.2) is 5.69 Å². The summed E-state index contributed by atoms with van der Waals surface area (Å²) < 4.78 is 45.1. The van der Waals surface area contributed by atoms with Crippen molar-refractivity contribution >= 4 is 55.9 Å². The molecule has 5 heterocycles. The first-order valence-electron chi connectivity index (χ1n) is 20.8. The fraction of sp³-hybridized carbons (Fsp3) is 0.512. The Balaban J connectivity index is 1.15. The van der Waals surface area contributed by atoms with Gasteiger partial charge in [-0.2, -0.15) is 0 Å². The van der Waals surface area contributed by atoms with E-state index in [0.717, 1.165) is 24.1 Å². The maximum atomic E-state index is 14.8. The molecule has 2 aliphatic heterocycles. The highest BCUT2D eigenvalue weighted by atomic mass is 32.2. The zero-order valence-corrected chi connectivity index (χ0v) is 36.5. The molecule has 3 aromatic heterocycles. The van der Waals surface area contributed by atoms with Crippen LogP contribution >= 0.6 is 11.3 Å². The number of nitrogens with one attached hydrogen (secondary N) is 3. The Morgan fingerprint density at radius 1 is 1.10 bits per heavy atom. The predicted molar refractivity (Wildman–Crippen MR) is 226 cm³/mol. The van der Waals surface area contributed by atoms with E-state index in [4.69, 9.17) is 24.0 Å². The summed E-state index contributed by atoms with van der Waals surface area (Å²) in [5, 5.41) is 12.9. The molecule has 0 radical (unpaired) electrons. The molecule has 0 unspecified atom stereocenters. The van der Waals surface area contributed by atoms with Gasteiger partial charge in [0.05, 0.1) is 29.6 Å². The summed E-state index contributed by atoms with van der Waals surface area (Å²) in [5.74, 6) is -1.70. The van der Waals surface area contributed by atoms with Crippen molar-refractivity contribution in [2.45, 2.75) is 120 Å². The van der Waals surface area contributed by atoms with E-state index in [2.05, 4.69) is 34.4 Å².